The van der Waals surface area contributed by atoms with Gasteiger partial charge in [0.2, 0.25) is 5.89 Å². The van der Waals surface area contributed by atoms with Crippen LogP contribution in [0.2, 0.25) is 0 Å². The van der Waals surface area contributed by atoms with Gasteiger partial charge in [0.15, 0.2) is 0 Å². The molecule has 1 aromatic heterocycles. The summed E-state index contributed by atoms with van der Waals surface area (Å²) in [6.07, 6.45) is 4.07. The molecule has 0 aliphatic carbocycles. The van der Waals surface area contributed by atoms with Gasteiger partial charge < -0.3 is 19.4 Å². The quantitative estimate of drug-likeness (QED) is 0.871. The molecule has 2 aliphatic rings. The van der Waals surface area contributed by atoms with Crippen molar-refractivity contribution in [3.63, 3.8) is 0 Å². The van der Waals surface area contributed by atoms with Crippen molar-refractivity contribution < 1.29 is 9.15 Å². The second kappa shape index (κ2) is 5.46. The lowest BCUT2D eigenvalue weighted by molar-refractivity contribution is 0.0287. The predicted octanol–water partition coefficient (Wildman–Crippen LogP) is 1.50. The number of nitrogens with zero attached hydrogens (tertiary/aromatic N) is 3. The van der Waals surface area contributed by atoms with Gasteiger partial charge in [-0.25, -0.2) is 0 Å². The second-order valence-electron chi connectivity index (χ2n) is 5.46. The Labute approximate surface area is 113 Å². The summed E-state index contributed by atoms with van der Waals surface area (Å²) in [5.41, 5.74) is 0. The summed E-state index contributed by atoms with van der Waals surface area (Å²) < 4.78 is 11.6. The molecule has 2 bridgehead atoms. The highest BCUT2D eigenvalue weighted by molar-refractivity contribution is 5.27. The number of aromatic nitrogens is 2. The Morgan fingerprint density at radius 3 is 2.74 bits per heavy atom. The molecule has 3 rings (SSSR count). The zero-order valence-electron chi connectivity index (χ0n) is 11.6. The Morgan fingerprint density at radius 2 is 2.05 bits per heavy atom. The van der Waals surface area contributed by atoms with E-state index in [9.17, 15) is 0 Å². The molecular formula is C13H22N4O2. The van der Waals surface area contributed by atoms with Gasteiger partial charge in [-0.05, 0) is 32.7 Å². The number of anilines is 1. The normalized spacial score (nSPS) is 27.8. The second-order valence-corrected chi connectivity index (χ2v) is 5.46. The first-order valence-electron chi connectivity index (χ1n) is 7.23. The zero-order valence-corrected chi connectivity index (χ0v) is 11.6. The third-order valence-corrected chi connectivity index (χ3v) is 3.81. The summed E-state index contributed by atoms with van der Waals surface area (Å²) in [4.78, 5) is 2.16. The molecule has 1 aromatic rings. The smallest absolute Gasteiger partial charge is 0.318 e. The number of hydrogen-bond donors (Lipinski definition) is 1. The lowest BCUT2D eigenvalue weighted by Crippen LogP contribution is -2.42. The SMILES string of the molecule is CCCNC(C)c1nnc(N2CC3CCC(C2)O3)o1. The van der Waals surface area contributed by atoms with Crippen LogP contribution in [0.3, 0.4) is 0 Å². The molecule has 3 atom stereocenters. The summed E-state index contributed by atoms with van der Waals surface area (Å²) in [5, 5.41) is 11.7. The van der Waals surface area contributed by atoms with E-state index >= 15 is 0 Å². The van der Waals surface area contributed by atoms with Crippen LogP contribution in [-0.4, -0.2) is 42.0 Å². The highest BCUT2D eigenvalue weighted by Gasteiger charge is 2.35. The lowest BCUT2D eigenvalue weighted by atomic mass is 10.2. The van der Waals surface area contributed by atoms with Gasteiger partial charge in [0.1, 0.15) is 0 Å². The fourth-order valence-corrected chi connectivity index (χ4v) is 2.75. The Balaban J connectivity index is 1.64. The summed E-state index contributed by atoms with van der Waals surface area (Å²) in [6, 6.07) is 0.749. The van der Waals surface area contributed by atoms with E-state index < -0.39 is 0 Å². The molecule has 0 amide bonds. The van der Waals surface area contributed by atoms with Gasteiger partial charge in [-0.1, -0.05) is 12.0 Å². The molecule has 1 N–H and O–H groups in total. The van der Waals surface area contributed by atoms with E-state index in [0.29, 0.717) is 24.1 Å². The monoisotopic (exact) mass is 266 g/mol. The fourth-order valence-electron chi connectivity index (χ4n) is 2.75. The summed E-state index contributed by atoms with van der Waals surface area (Å²) in [7, 11) is 0. The maximum absolute atomic E-state index is 5.81. The third kappa shape index (κ3) is 2.74. The molecule has 0 saturated carbocycles. The highest BCUT2D eigenvalue weighted by atomic mass is 16.5. The van der Waals surface area contributed by atoms with E-state index in [1.54, 1.807) is 0 Å². The van der Waals surface area contributed by atoms with Crippen molar-refractivity contribution in [2.75, 3.05) is 24.5 Å². The van der Waals surface area contributed by atoms with Crippen LogP contribution in [0.5, 0.6) is 0 Å². The Morgan fingerprint density at radius 1 is 1.32 bits per heavy atom. The first kappa shape index (κ1) is 12.9. The summed E-state index contributed by atoms with van der Waals surface area (Å²) in [6.45, 7) is 6.89. The van der Waals surface area contributed by atoms with E-state index in [1.807, 2.05) is 0 Å². The van der Waals surface area contributed by atoms with Gasteiger partial charge in [0.05, 0.1) is 18.2 Å². The van der Waals surface area contributed by atoms with Crippen molar-refractivity contribution in [3.8, 4) is 0 Å². The van der Waals surface area contributed by atoms with Gasteiger partial charge >= 0.3 is 6.01 Å². The molecule has 2 fully saturated rings. The van der Waals surface area contributed by atoms with Crippen LogP contribution in [0.25, 0.3) is 0 Å². The van der Waals surface area contributed by atoms with Crippen molar-refractivity contribution in [2.24, 2.45) is 0 Å². The molecule has 3 heterocycles. The van der Waals surface area contributed by atoms with Gasteiger partial charge in [0.25, 0.3) is 0 Å². The van der Waals surface area contributed by atoms with Crippen molar-refractivity contribution >= 4 is 6.01 Å². The molecule has 0 spiro atoms. The number of nitrogens with one attached hydrogen (secondary N) is 1. The maximum Gasteiger partial charge on any atom is 0.318 e. The number of morpholine rings is 1. The first-order chi connectivity index (χ1) is 9.26. The van der Waals surface area contributed by atoms with Crippen LogP contribution in [0.15, 0.2) is 4.42 Å². The maximum atomic E-state index is 5.81. The third-order valence-electron chi connectivity index (χ3n) is 3.81. The minimum Gasteiger partial charge on any atom is -0.406 e. The highest BCUT2D eigenvalue weighted by Crippen LogP contribution is 2.29. The Hall–Kier alpha value is -1.14. The van der Waals surface area contributed by atoms with Gasteiger partial charge in [0, 0.05) is 13.1 Å². The number of ether oxygens (including phenoxy) is 1. The molecule has 2 aliphatic heterocycles. The van der Waals surface area contributed by atoms with Crippen LogP contribution in [0.4, 0.5) is 6.01 Å². The van der Waals surface area contributed by atoms with E-state index in [1.165, 1.54) is 0 Å². The van der Waals surface area contributed by atoms with Crippen LogP contribution in [0, 0.1) is 0 Å². The van der Waals surface area contributed by atoms with Crippen molar-refractivity contribution in [3.05, 3.63) is 5.89 Å². The van der Waals surface area contributed by atoms with Crippen LogP contribution < -0.4 is 10.2 Å². The van der Waals surface area contributed by atoms with Gasteiger partial charge in [-0.15, -0.1) is 5.10 Å². The lowest BCUT2D eigenvalue weighted by Gasteiger charge is -2.30. The van der Waals surface area contributed by atoms with Crippen LogP contribution in [0.1, 0.15) is 45.0 Å². The van der Waals surface area contributed by atoms with Crippen LogP contribution in [-0.2, 0) is 4.74 Å². The van der Waals surface area contributed by atoms with Crippen molar-refractivity contribution in [1.29, 1.82) is 0 Å². The Kier molecular flexibility index (Phi) is 3.70. The number of rotatable bonds is 5. The van der Waals surface area contributed by atoms with Crippen LogP contribution >= 0.6 is 0 Å². The minimum absolute atomic E-state index is 0.110. The topological polar surface area (TPSA) is 63.4 Å². The van der Waals surface area contributed by atoms with Gasteiger partial charge in [-0.3, -0.25) is 0 Å². The summed E-state index contributed by atoms with van der Waals surface area (Å²) >= 11 is 0. The summed E-state index contributed by atoms with van der Waals surface area (Å²) in [5.74, 6) is 0.669. The van der Waals surface area contributed by atoms with Gasteiger partial charge in [-0.2, -0.15) is 0 Å². The molecule has 6 nitrogen and oxygen atoms in total. The average molecular weight is 266 g/mol. The average Bonchev–Trinajstić information content (AvgIpc) is 3.03. The van der Waals surface area contributed by atoms with Crippen molar-refractivity contribution in [2.45, 2.75) is 51.4 Å². The molecule has 19 heavy (non-hydrogen) atoms. The molecule has 2 saturated heterocycles. The minimum atomic E-state index is 0.110. The fraction of sp³-hybridized carbons (Fsp3) is 0.846. The van der Waals surface area contributed by atoms with E-state index in [0.717, 1.165) is 38.9 Å². The molecule has 6 heteroatoms. The number of hydrogen-bond acceptors (Lipinski definition) is 6. The van der Waals surface area contributed by atoms with Crippen molar-refractivity contribution in [1.82, 2.24) is 15.5 Å². The molecule has 3 unspecified atom stereocenters. The van der Waals surface area contributed by atoms with E-state index in [-0.39, 0.29) is 6.04 Å². The molecule has 0 aromatic carbocycles. The molecular weight excluding hydrogens is 244 g/mol. The first-order valence-corrected chi connectivity index (χ1v) is 7.23. The number of fused-ring (bicyclic) bond motifs is 2. The predicted molar refractivity (Wildman–Crippen MR) is 71.1 cm³/mol. The van der Waals surface area contributed by atoms with E-state index in [4.69, 9.17) is 9.15 Å². The zero-order chi connectivity index (χ0) is 13.2. The molecule has 106 valence electrons. The standard InChI is InChI=1S/C13H22N4O2/c1-3-6-14-9(2)12-15-16-13(19-12)17-7-10-4-5-11(8-17)18-10/h9-11,14H,3-8H2,1-2H3. The molecule has 0 radical (unpaired) electrons. The van der Waals surface area contributed by atoms with E-state index in [2.05, 4.69) is 34.3 Å². The largest absolute Gasteiger partial charge is 0.406 e. The Bertz CT molecular complexity index is 411.